The van der Waals surface area contributed by atoms with Gasteiger partial charge < -0.3 is 18.9 Å². The van der Waals surface area contributed by atoms with Gasteiger partial charge in [-0.1, -0.05) is 120 Å². The molecule has 5 aromatic rings. The van der Waals surface area contributed by atoms with Crippen LogP contribution in [-0.4, -0.2) is 26.4 Å². The first-order chi connectivity index (χ1) is 26.7. The van der Waals surface area contributed by atoms with Crippen LogP contribution in [0, 0.1) is 47.4 Å². The van der Waals surface area contributed by atoms with Gasteiger partial charge in [0.1, 0.15) is 0 Å². The van der Waals surface area contributed by atoms with Crippen molar-refractivity contribution in [1.29, 1.82) is 0 Å². The van der Waals surface area contributed by atoms with Crippen molar-refractivity contribution >= 4 is 0 Å². The molecule has 0 atom stereocenters. The predicted octanol–water partition coefficient (Wildman–Crippen LogP) is 8.49. The highest BCUT2D eigenvalue weighted by Crippen LogP contribution is 2.16. The molecule has 4 aliphatic heterocycles. The summed E-state index contributed by atoms with van der Waals surface area (Å²) in [5, 5.41) is 0. The average Bonchev–Trinajstić information content (AvgIpc) is 3.21. The van der Waals surface area contributed by atoms with Crippen molar-refractivity contribution in [2.75, 3.05) is 26.4 Å². The van der Waals surface area contributed by atoms with Crippen LogP contribution in [0.25, 0.3) is 0 Å². The van der Waals surface area contributed by atoms with E-state index in [1.807, 2.05) is 121 Å². The SMILES string of the molecule is C1#Cc2ccc3cc2C#Cc2ccccc2C#Cc2cc(ccc2C#Cc2ccc(cc2)COC/C=C/COC3)COCC=CCOCc2ccc1cc2. The largest absolute Gasteiger partial charge is 0.373 e. The molecular weight excluding hydrogens is 665 g/mol. The molecule has 0 fully saturated rings. The molecule has 0 saturated carbocycles. The highest BCUT2D eigenvalue weighted by molar-refractivity contribution is 5.60. The van der Waals surface area contributed by atoms with Gasteiger partial charge in [0.25, 0.3) is 0 Å². The minimum Gasteiger partial charge on any atom is -0.373 e. The van der Waals surface area contributed by atoms with E-state index in [2.05, 4.69) is 59.5 Å². The normalized spacial score (nSPS) is 15.0. The molecule has 0 aliphatic carbocycles. The van der Waals surface area contributed by atoms with E-state index >= 15 is 0 Å². The molecular formula is C50H38O4. The van der Waals surface area contributed by atoms with E-state index < -0.39 is 0 Å². The van der Waals surface area contributed by atoms with Crippen LogP contribution in [0.15, 0.2) is 133 Å². The number of benzene rings is 5. The van der Waals surface area contributed by atoms with Gasteiger partial charge in [-0.3, -0.25) is 0 Å². The van der Waals surface area contributed by atoms with Crippen LogP contribution < -0.4 is 0 Å². The summed E-state index contributed by atoms with van der Waals surface area (Å²) in [6, 6.07) is 36.5. The second-order valence-corrected chi connectivity index (χ2v) is 12.7. The first-order valence-corrected chi connectivity index (χ1v) is 18.0. The van der Waals surface area contributed by atoms with Gasteiger partial charge in [0.2, 0.25) is 0 Å². The Morgan fingerprint density at radius 2 is 0.611 bits per heavy atom. The molecule has 0 amide bonds. The Morgan fingerprint density at radius 3 is 1.02 bits per heavy atom. The van der Waals surface area contributed by atoms with Crippen LogP contribution in [0.5, 0.6) is 0 Å². The van der Waals surface area contributed by atoms with Crippen molar-refractivity contribution in [3.8, 4) is 47.4 Å². The Balaban J connectivity index is 1.31. The number of fused-ring (bicyclic) bond motifs is 16. The van der Waals surface area contributed by atoms with Crippen molar-refractivity contribution in [3.63, 3.8) is 0 Å². The third-order valence-electron chi connectivity index (χ3n) is 8.61. The molecule has 4 heterocycles. The average molecular weight is 703 g/mol. The summed E-state index contributed by atoms with van der Waals surface area (Å²) in [6.45, 7) is 3.84. The van der Waals surface area contributed by atoms with Gasteiger partial charge in [-0.15, -0.1) is 0 Å². The lowest BCUT2D eigenvalue weighted by molar-refractivity contribution is 0.140. The Morgan fingerprint density at radius 1 is 0.296 bits per heavy atom. The summed E-state index contributed by atoms with van der Waals surface area (Å²) in [5.41, 5.74) is 11.0. The van der Waals surface area contributed by atoms with E-state index in [0.717, 1.165) is 66.8 Å². The van der Waals surface area contributed by atoms with Gasteiger partial charge in [0.15, 0.2) is 0 Å². The van der Waals surface area contributed by atoms with Crippen LogP contribution >= 0.6 is 0 Å². The second-order valence-electron chi connectivity index (χ2n) is 12.7. The molecule has 0 saturated heterocycles. The van der Waals surface area contributed by atoms with Crippen LogP contribution in [0.1, 0.15) is 66.8 Å². The van der Waals surface area contributed by atoms with Gasteiger partial charge >= 0.3 is 0 Å². The topological polar surface area (TPSA) is 36.9 Å². The standard InChI is InChI=1S/C50H38O4/c1-2-8-46-26-28-50-34-44-20-24-48(50)22-18-40-11-15-42(16-12-40)36-51-29-3-5-31-53-37-43-19-23-47(49(33-43)27-25-45(46)7-1)21-17-39-9-13-41(14-10-39)35-52-30-4-6-32-54-38-44/h1-16,19-20,23-24,33-34H,29-32,35-38H2/b5-3+,6-4?. The second kappa shape index (κ2) is 18.9. The van der Waals surface area contributed by atoms with Crippen LogP contribution in [0.3, 0.4) is 0 Å². The maximum Gasteiger partial charge on any atom is 0.0721 e. The predicted molar refractivity (Wildman–Crippen MR) is 213 cm³/mol. The molecule has 8 bridgehead atoms. The molecule has 5 aromatic carbocycles. The van der Waals surface area contributed by atoms with Crippen LogP contribution in [-0.2, 0) is 45.4 Å². The smallest absolute Gasteiger partial charge is 0.0721 e. The van der Waals surface area contributed by atoms with Crippen molar-refractivity contribution in [1.82, 2.24) is 0 Å². The Labute approximate surface area is 318 Å². The Bertz CT molecular complexity index is 2230. The van der Waals surface area contributed by atoms with E-state index in [-0.39, 0.29) is 0 Å². The number of ether oxygens (including phenoxy) is 4. The van der Waals surface area contributed by atoms with E-state index in [1.54, 1.807) is 0 Å². The summed E-state index contributed by atoms with van der Waals surface area (Å²) in [5.74, 6) is 27.0. The molecule has 4 heteroatoms. The monoisotopic (exact) mass is 702 g/mol. The zero-order valence-corrected chi connectivity index (χ0v) is 30.0. The lowest BCUT2D eigenvalue weighted by Crippen LogP contribution is -1.97. The minimum atomic E-state index is 0.440. The van der Waals surface area contributed by atoms with E-state index in [0.29, 0.717) is 52.9 Å². The summed E-state index contributed by atoms with van der Waals surface area (Å²) >= 11 is 0. The Kier molecular flexibility index (Phi) is 12.6. The molecule has 9 rings (SSSR count). The van der Waals surface area contributed by atoms with Gasteiger partial charge in [0, 0.05) is 44.5 Å². The maximum atomic E-state index is 5.99. The zero-order valence-electron chi connectivity index (χ0n) is 30.0. The molecule has 0 radical (unpaired) electrons. The molecule has 0 unspecified atom stereocenters. The lowest BCUT2D eigenvalue weighted by Gasteiger charge is -2.05. The quantitative estimate of drug-likeness (QED) is 0.120. The van der Waals surface area contributed by atoms with Gasteiger partial charge in [0.05, 0.1) is 52.9 Å². The highest BCUT2D eigenvalue weighted by atomic mass is 16.5. The lowest BCUT2D eigenvalue weighted by atomic mass is 10.0. The molecule has 0 spiro atoms. The fourth-order valence-corrected chi connectivity index (χ4v) is 5.66. The van der Waals surface area contributed by atoms with Crippen LogP contribution in [0.4, 0.5) is 0 Å². The van der Waals surface area contributed by atoms with Crippen molar-refractivity contribution in [3.05, 3.63) is 200 Å². The van der Waals surface area contributed by atoms with Gasteiger partial charge in [-0.25, -0.2) is 0 Å². The number of rotatable bonds is 0. The minimum absolute atomic E-state index is 0.440. The highest BCUT2D eigenvalue weighted by Gasteiger charge is 2.05. The van der Waals surface area contributed by atoms with Gasteiger partial charge in [-0.05, 0) is 82.9 Å². The molecule has 0 N–H and O–H groups in total. The summed E-state index contributed by atoms with van der Waals surface area (Å²) in [6.07, 6.45) is 7.93. The molecule has 4 nitrogen and oxygen atoms in total. The fraction of sp³-hybridized carbons (Fsp3) is 0.160. The zero-order chi connectivity index (χ0) is 36.6. The van der Waals surface area contributed by atoms with E-state index in [4.69, 9.17) is 18.9 Å². The van der Waals surface area contributed by atoms with E-state index in [1.165, 1.54) is 0 Å². The van der Waals surface area contributed by atoms with Crippen molar-refractivity contribution in [2.45, 2.75) is 26.4 Å². The van der Waals surface area contributed by atoms with Crippen molar-refractivity contribution in [2.24, 2.45) is 0 Å². The number of hydrogen-bond acceptors (Lipinski definition) is 4. The van der Waals surface area contributed by atoms with Crippen molar-refractivity contribution < 1.29 is 18.9 Å². The summed E-state index contributed by atoms with van der Waals surface area (Å²) < 4.78 is 23.7. The summed E-state index contributed by atoms with van der Waals surface area (Å²) in [7, 11) is 0. The first kappa shape index (κ1) is 36.0. The van der Waals surface area contributed by atoms with Gasteiger partial charge in [-0.2, -0.15) is 0 Å². The first-order valence-electron chi connectivity index (χ1n) is 18.0. The molecule has 54 heavy (non-hydrogen) atoms. The van der Waals surface area contributed by atoms with Crippen LogP contribution in [0.2, 0.25) is 0 Å². The Hall–Kier alpha value is -6.34. The molecule has 0 aromatic heterocycles. The number of hydrogen-bond donors (Lipinski definition) is 0. The third kappa shape index (κ3) is 10.6. The summed E-state index contributed by atoms with van der Waals surface area (Å²) in [4.78, 5) is 0. The molecule has 262 valence electrons. The molecule has 4 aliphatic rings. The maximum absolute atomic E-state index is 5.99. The van der Waals surface area contributed by atoms with E-state index in [9.17, 15) is 0 Å². The fourth-order valence-electron chi connectivity index (χ4n) is 5.66. The third-order valence-corrected chi connectivity index (χ3v) is 8.61.